The van der Waals surface area contributed by atoms with E-state index in [-0.39, 0.29) is 6.03 Å². The van der Waals surface area contributed by atoms with Crippen molar-refractivity contribution >= 4 is 6.03 Å². The van der Waals surface area contributed by atoms with Crippen LogP contribution in [-0.4, -0.2) is 30.1 Å². The zero-order valence-corrected chi connectivity index (χ0v) is 13.6. The summed E-state index contributed by atoms with van der Waals surface area (Å²) in [4.78, 5) is 14.5. The number of carbonyl (C=O) groups excluding carboxylic acids is 1. The lowest BCUT2D eigenvalue weighted by atomic mass is 9.96. The molecule has 1 aliphatic rings. The third kappa shape index (κ3) is 7.16. The van der Waals surface area contributed by atoms with Crippen molar-refractivity contribution in [1.29, 1.82) is 0 Å². The van der Waals surface area contributed by atoms with Crippen LogP contribution in [0.2, 0.25) is 0 Å². The van der Waals surface area contributed by atoms with Crippen molar-refractivity contribution in [3.05, 3.63) is 0 Å². The number of urea groups is 1. The van der Waals surface area contributed by atoms with E-state index in [1.165, 1.54) is 57.8 Å². The van der Waals surface area contributed by atoms with E-state index in [4.69, 9.17) is 0 Å². The van der Waals surface area contributed by atoms with Crippen molar-refractivity contribution in [2.75, 3.05) is 13.1 Å². The molecule has 0 unspecified atom stereocenters. The zero-order chi connectivity index (χ0) is 14.6. The first-order chi connectivity index (χ1) is 9.77. The summed E-state index contributed by atoms with van der Waals surface area (Å²) in [6, 6.07) is 0.611. The molecule has 0 bridgehead atoms. The number of nitrogens with one attached hydrogen (secondary N) is 1. The van der Waals surface area contributed by atoms with E-state index in [1.807, 2.05) is 0 Å². The lowest BCUT2D eigenvalue weighted by Crippen LogP contribution is -2.46. The van der Waals surface area contributed by atoms with Gasteiger partial charge in [0.2, 0.25) is 0 Å². The molecule has 0 atom stereocenters. The van der Waals surface area contributed by atoms with Crippen LogP contribution in [0.5, 0.6) is 0 Å². The van der Waals surface area contributed by atoms with Gasteiger partial charge in [-0.1, -0.05) is 58.8 Å². The quantitative estimate of drug-likeness (QED) is 0.610. The second-order valence-electron chi connectivity index (χ2n) is 6.19. The first kappa shape index (κ1) is 17.3. The lowest BCUT2D eigenvalue weighted by molar-refractivity contribution is 0.187. The lowest BCUT2D eigenvalue weighted by Gasteiger charge is -2.28. The molecule has 0 aliphatic heterocycles. The normalized spacial score (nSPS) is 16.1. The Morgan fingerprint density at radius 3 is 2.00 bits per heavy atom. The van der Waals surface area contributed by atoms with Gasteiger partial charge >= 0.3 is 6.03 Å². The molecule has 2 amide bonds. The van der Waals surface area contributed by atoms with Crippen LogP contribution in [0.15, 0.2) is 0 Å². The molecule has 0 aromatic heterocycles. The van der Waals surface area contributed by atoms with E-state index in [1.54, 1.807) is 0 Å². The molecule has 3 nitrogen and oxygen atoms in total. The third-order valence-corrected chi connectivity index (χ3v) is 4.28. The van der Waals surface area contributed by atoms with Crippen LogP contribution in [0.3, 0.4) is 0 Å². The molecule has 3 heteroatoms. The van der Waals surface area contributed by atoms with Gasteiger partial charge in [0, 0.05) is 19.1 Å². The van der Waals surface area contributed by atoms with E-state index in [0.717, 1.165) is 25.9 Å². The molecule has 0 saturated heterocycles. The predicted molar refractivity (Wildman–Crippen MR) is 86.0 cm³/mol. The van der Waals surface area contributed by atoms with Crippen LogP contribution in [0.1, 0.15) is 84.5 Å². The Labute approximate surface area is 125 Å². The molecule has 1 N–H and O–H groups in total. The molecule has 20 heavy (non-hydrogen) atoms. The Kier molecular flexibility index (Phi) is 9.52. The SMILES string of the molecule is CCCCCN(CCCCC)C(=O)NC1CCCCC1. The first-order valence-corrected chi connectivity index (χ1v) is 8.83. The summed E-state index contributed by atoms with van der Waals surface area (Å²) < 4.78 is 0. The summed E-state index contributed by atoms with van der Waals surface area (Å²) in [6.07, 6.45) is 13.4. The van der Waals surface area contributed by atoms with Crippen LogP contribution in [0.25, 0.3) is 0 Å². The smallest absolute Gasteiger partial charge is 0.317 e. The standard InChI is InChI=1S/C17H34N2O/c1-3-5-10-14-19(15-11-6-4-2)17(20)18-16-12-8-7-9-13-16/h16H,3-15H2,1-2H3,(H,18,20). The van der Waals surface area contributed by atoms with Gasteiger partial charge in [-0.3, -0.25) is 0 Å². The van der Waals surface area contributed by atoms with Crippen LogP contribution in [-0.2, 0) is 0 Å². The molecule has 1 rings (SSSR count). The molecule has 118 valence electrons. The maximum atomic E-state index is 12.4. The van der Waals surface area contributed by atoms with E-state index in [0.29, 0.717) is 6.04 Å². The maximum absolute atomic E-state index is 12.4. The highest BCUT2D eigenvalue weighted by Crippen LogP contribution is 2.17. The Balaban J connectivity index is 2.35. The largest absolute Gasteiger partial charge is 0.335 e. The van der Waals surface area contributed by atoms with Gasteiger partial charge in [0.05, 0.1) is 0 Å². The average Bonchev–Trinajstić information content (AvgIpc) is 2.47. The Morgan fingerprint density at radius 1 is 0.950 bits per heavy atom. The van der Waals surface area contributed by atoms with Gasteiger partial charge in [-0.2, -0.15) is 0 Å². The van der Waals surface area contributed by atoms with Crippen LogP contribution in [0, 0.1) is 0 Å². The summed E-state index contributed by atoms with van der Waals surface area (Å²) >= 11 is 0. The summed E-state index contributed by atoms with van der Waals surface area (Å²) in [6.45, 7) is 6.28. The van der Waals surface area contributed by atoms with E-state index < -0.39 is 0 Å². The molecule has 1 fully saturated rings. The van der Waals surface area contributed by atoms with Gasteiger partial charge in [-0.15, -0.1) is 0 Å². The fraction of sp³-hybridized carbons (Fsp3) is 0.941. The van der Waals surface area contributed by atoms with Crippen molar-refractivity contribution in [3.63, 3.8) is 0 Å². The molecule has 1 saturated carbocycles. The molecular formula is C17H34N2O. The maximum Gasteiger partial charge on any atom is 0.317 e. The van der Waals surface area contributed by atoms with E-state index in [9.17, 15) is 4.79 Å². The number of carbonyl (C=O) groups is 1. The van der Waals surface area contributed by atoms with Gasteiger partial charge in [0.15, 0.2) is 0 Å². The number of hydrogen-bond donors (Lipinski definition) is 1. The van der Waals surface area contributed by atoms with Crippen molar-refractivity contribution in [3.8, 4) is 0 Å². The average molecular weight is 282 g/mol. The molecule has 0 radical (unpaired) electrons. The number of unbranched alkanes of at least 4 members (excludes halogenated alkanes) is 4. The Hall–Kier alpha value is -0.730. The predicted octanol–water partition coefficient (Wildman–Crippen LogP) is 4.71. The van der Waals surface area contributed by atoms with Crippen LogP contribution in [0.4, 0.5) is 4.79 Å². The van der Waals surface area contributed by atoms with Crippen LogP contribution < -0.4 is 5.32 Å². The Morgan fingerprint density at radius 2 is 1.50 bits per heavy atom. The second kappa shape index (κ2) is 11.0. The number of amides is 2. The van der Waals surface area contributed by atoms with Gasteiger partial charge in [0.25, 0.3) is 0 Å². The molecular weight excluding hydrogens is 248 g/mol. The van der Waals surface area contributed by atoms with Crippen molar-refractivity contribution < 1.29 is 4.79 Å². The highest BCUT2D eigenvalue weighted by Gasteiger charge is 2.19. The minimum absolute atomic E-state index is 0.184. The first-order valence-electron chi connectivity index (χ1n) is 8.83. The highest BCUT2D eigenvalue weighted by atomic mass is 16.2. The second-order valence-corrected chi connectivity index (χ2v) is 6.19. The van der Waals surface area contributed by atoms with Gasteiger partial charge in [0.1, 0.15) is 0 Å². The van der Waals surface area contributed by atoms with Gasteiger partial charge in [-0.25, -0.2) is 4.79 Å². The number of nitrogens with zero attached hydrogens (tertiary/aromatic N) is 1. The minimum atomic E-state index is 0.184. The van der Waals surface area contributed by atoms with Crippen LogP contribution >= 0.6 is 0 Å². The summed E-state index contributed by atoms with van der Waals surface area (Å²) in [5.41, 5.74) is 0. The number of rotatable bonds is 9. The van der Waals surface area contributed by atoms with Crippen molar-refractivity contribution in [2.45, 2.75) is 90.5 Å². The Bertz CT molecular complexity index is 239. The molecule has 0 aromatic rings. The van der Waals surface area contributed by atoms with Gasteiger partial charge in [-0.05, 0) is 25.7 Å². The molecule has 1 aliphatic carbocycles. The topological polar surface area (TPSA) is 32.3 Å². The minimum Gasteiger partial charge on any atom is -0.335 e. The fourth-order valence-electron chi connectivity index (χ4n) is 2.93. The van der Waals surface area contributed by atoms with E-state index >= 15 is 0 Å². The number of hydrogen-bond acceptors (Lipinski definition) is 1. The molecule has 0 heterocycles. The molecule has 0 aromatic carbocycles. The fourth-order valence-corrected chi connectivity index (χ4v) is 2.93. The van der Waals surface area contributed by atoms with Crippen molar-refractivity contribution in [1.82, 2.24) is 10.2 Å². The van der Waals surface area contributed by atoms with Crippen molar-refractivity contribution in [2.24, 2.45) is 0 Å². The van der Waals surface area contributed by atoms with Gasteiger partial charge < -0.3 is 10.2 Å². The highest BCUT2D eigenvalue weighted by molar-refractivity contribution is 5.74. The zero-order valence-electron chi connectivity index (χ0n) is 13.6. The monoisotopic (exact) mass is 282 g/mol. The third-order valence-electron chi connectivity index (χ3n) is 4.28. The summed E-state index contributed by atoms with van der Waals surface area (Å²) in [5.74, 6) is 0. The molecule has 0 spiro atoms. The summed E-state index contributed by atoms with van der Waals surface area (Å²) in [5, 5.41) is 3.26. The van der Waals surface area contributed by atoms with E-state index in [2.05, 4.69) is 24.1 Å². The summed E-state index contributed by atoms with van der Waals surface area (Å²) in [7, 11) is 0.